The zero-order valence-corrected chi connectivity index (χ0v) is 12.5. The van der Waals surface area contributed by atoms with Crippen molar-refractivity contribution < 1.29 is 19.4 Å². The van der Waals surface area contributed by atoms with Crippen LogP contribution in [0.25, 0.3) is 0 Å². The molecule has 0 saturated heterocycles. The van der Waals surface area contributed by atoms with E-state index in [1.807, 2.05) is 20.8 Å². The molecule has 0 amide bonds. The first-order chi connectivity index (χ1) is 9.49. The van der Waals surface area contributed by atoms with Crippen molar-refractivity contribution in [1.82, 2.24) is 5.32 Å². The van der Waals surface area contributed by atoms with E-state index in [-0.39, 0.29) is 0 Å². The largest absolute Gasteiger partial charge is 0.493 e. The predicted octanol–water partition coefficient (Wildman–Crippen LogP) is 2.47. The fourth-order valence-electron chi connectivity index (χ4n) is 1.84. The van der Waals surface area contributed by atoms with Crippen LogP contribution < -0.4 is 14.8 Å². The molecule has 0 fully saturated rings. The van der Waals surface area contributed by atoms with Gasteiger partial charge in [0.2, 0.25) is 0 Å². The number of benzene rings is 1. The van der Waals surface area contributed by atoms with Gasteiger partial charge in [0.15, 0.2) is 11.5 Å². The average molecular weight is 281 g/mol. The average Bonchev–Trinajstić information content (AvgIpc) is 2.39. The van der Waals surface area contributed by atoms with Crippen LogP contribution in [0.4, 0.5) is 0 Å². The summed E-state index contributed by atoms with van der Waals surface area (Å²) >= 11 is 0. The monoisotopic (exact) mass is 281 g/mol. The van der Waals surface area contributed by atoms with Crippen LogP contribution in [0.15, 0.2) is 18.2 Å². The summed E-state index contributed by atoms with van der Waals surface area (Å²) in [5.41, 5.74) is 0.655. The molecule has 1 aromatic rings. The van der Waals surface area contributed by atoms with Crippen LogP contribution >= 0.6 is 0 Å². The molecule has 0 aliphatic heterocycles. The van der Waals surface area contributed by atoms with Crippen LogP contribution in [0.5, 0.6) is 11.5 Å². The number of hydrogen-bond acceptors (Lipinski definition) is 4. The van der Waals surface area contributed by atoms with E-state index >= 15 is 0 Å². The van der Waals surface area contributed by atoms with E-state index in [4.69, 9.17) is 9.47 Å². The van der Waals surface area contributed by atoms with Crippen LogP contribution in [-0.4, -0.2) is 31.3 Å². The Kier molecular flexibility index (Phi) is 6.31. The quantitative estimate of drug-likeness (QED) is 0.766. The van der Waals surface area contributed by atoms with Gasteiger partial charge in [-0.15, -0.1) is 0 Å². The minimum Gasteiger partial charge on any atom is -0.493 e. The number of carbonyl (C=O) groups is 1. The molecule has 1 aromatic carbocycles. The molecule has 0 aliphatic rings. The number of nitrogens with one attached hydrogen (secondary N) is 1. The summed E-state index contributed by atoms with van der Waals surface area (Å²) in [5, 5.41) is 12.4. The van der Waals surface area contributed by atoms with Gasteiger partial charge >= 0.3 is 5.97 Å². The lowest BCUT2D eigenvalue weighted by Crippen LogP contribution is -2.31. The molecule has 0 heterocycles. The third kappa shape index (κ3) is 4.42. The molecule has 1 atom stereocenters. The lowest BCUT2D eigenvalue weighted by atomic mass is 10.1. The number of hydrogen-bond donors (Lipinski definition) is 2. The zero-order valence-electron chi connectivity index (χ0n) is 12.5. The van der Waals surface area contributed by atoms with Gasteiger partial charge in [0.1, 0.15) is 6.04 Å². The highest BCUT2D eigenvalue weighted by Crippen LogP contribution is 2.30. The fourth-order valence-corrected chi connectivity index (χ4v) is 1.84. The minimum absolute atomic E-state index is 0.376. The van der Waals surface area contributed by atoms with E-state index in [0.717, 1.165) is 0 Å². The summed E-state index contributed by atoms with van der Waals surface area (Å²) in [5.74, 6) is 0.633. The molecule has 0 radical (unpaired) electrons. The maximum atomic E-state index is 11.4. The number of methoxy groups -OCH3 is 1. The van der Waals surface area contributed by atoms with Crippen molar-refractivity contribution in [3.05, 3.63) is 23.8 Å². The molecule has 0 bridgehead atoms. The molecule has 20 heavy (non-hydrogen) atoms. The standard InChI is InChI=1S/C15H23NO4/c1-5-20-13-8-11(6-7-12(13)19-4)14(15(17)18)16-9-10(2)3/h6-8,10,14,16H,5,9H2,1-4H3,(H,17,18). The highest BCUT2D eigenvalue weighted by Gasteiger charge is 2.21. The molecule has 0 spiro atoms. The topological polar surface area (TPSA) is 67.8 Å². The molecular formula is C15H23NO4. The summed E-state index contributed by atoms with van der Waals surface area (Å²) in [6.45, 7) is 7.07. The highest BCUT2D eigenvalue weighted by molar-refractivity contribution is 5.76. The Hall–Kier alpha value is -1.75. The summed E-state index contributed by atoms with van der Waals surface area (Å²) in [6, 6.07) is 4.44. The number of carboxylic acid groups (broad SMARTS) is 1. The molecule has 1 unspecified atom stereocenters. The molecule has 0 saturated carbocycles. The third-order valence-corrected chi connectivity index (χ3v) is 2.80. The van der Waals surface area contributed by atoms with E-state index < -0.39 is 12.0 Å². The van der Waals surface area contributed by atoms with Gasteiger partial charge < -0.3 is 19.9 Å². The van der Waals surface area contributed by atoms with E-state index in [9.17, 15) is 9.90 Å². The molecule has 2 N–H and O–H groups in total. The fraction of sp³-hybridized carbons (Fsp3) is 0.533. The van der Waals surface area contributed by atoms with Gasteiger partial charge in [-0.05, 0) is 37.1 Å². The molecule has 112 valence electrons. The van der Waals surface area contributed by atoms with Crippen molar-refractivity contribution >= 4 is 5.97 Å². The van der Waals surface area contributed by atoms with E-state index in [2.05, 4.69) is 5.32 Å². The molecule has 0 aliphatic carbocycles. The molecule has 1 rings (SSSR count). The highest BCUT2D eigenvalue weighted by atomic mass is 16.5. The minimum atomic E-state index is -0.904. The Morgan fingerprint density at radius 2 is 2.05 bits per heavy atom. The van der Waals surface area contributed by atoms with Gasteiger partial charge in [-0.3, -0.25) is 4.79 Å². The molecule has 0 aromatic heterocycles. The van der Waals surface area contributed by atoms with Crippen molar-refractivity contribution in [2.45, 2.75) is 26.8 Å². The number of carboxylic acids is 1. The Bertz CT molecular complexity index is 445. The van der Waals surface area contributed by atoms with Crippen molar-refractivity contribution in [1.29, 1.82) is 0 Å². The van der Waals surface area contributed by atoms with Crippen LogP contribution in [-0.2, 0) is 4.79 Å². The first-order valence-electron chi connectivity index (χ1n) is 6.76. The smallest absolute Gasteiger partial charge is 0.325 e. The first-order valence-corrected chi connectivity index (χ1v) is 6.76. The maximum Gasteiger partial charge on any atom is 0.325 e. The lowest BCUT2D eigenvalue weighted by molar-refractivity contribution is -0.139. The van der Waals surface area contributed by atoms with Gasteiger partial charge in [-0.2, -0.15) is 0 Å². The lowest BCUT2D eigenvalue weighted by Gasteiger charge is -2.18. The second kappa shape index (κ2) is 7.75. The second-order valence-electron chi connectivity index (χ2n) is 4.92. The number of ether oxygens (including phenoxy) is 2. The van der Waals surface area contributed by atoms with E-state index in [0.29, 0.717) is 36.1 Å². The molecule has 5 heteroatoms. The molecule has 5 nitrogen and oxygen atoms in total. The Morgan fingerprint density at radius 1 is 1.35 bits per heavy atom. The van der Waals surface area contributed by atoms with Gasteiger partial charge in [-0.25, -0.2) is 0 Å². The SMILES string of the molecule is CCOc1cc(C(NCC(C)C)C(=O)O)ccc1OC. The van der Waals surface area contributed by atoms with E-state index in [1.54, 1.807) is 25.3 Å². The van der Waals surface area contributed by atoms with Gasteiger partial charge in [0.25, 0.3) is 0 Å². The van der Waals surface area contributed by atoms with Gasteiger partial charge in [0.05, 0.1) is 13.7 Å². The number of aliphatic carboxylic acids is 1. The summed E-state index contributed by atoms with van der Waals surface area (Å²) in [4.78, 5) is 11.4. The Labute approximate surface area is 119 Å². The molecular weight excluding hydrogens is 258 g/mol. The second-order valence-corrected chi connectivity index (χ2v) is 4.92. The van der Waals surface area contributed by atoms with Crippen molar-refractivity contribution in [3.63, 3.8) is 0 Å². The van der Waals surface area contributed by atoms with Crippen molar-refractivity contribution in [2.24, 2.45) is 5.92 Å². The summed E-state index contributed by atoms with van der Waals surface area (Å²) < 4.78 is 10.7. The third-order valence-electron chi connectivity index (χ3n) is 2.80. The van der Waals surface area contributed by atoms with Crippen LogP contribution in [0, 0.1) is 5.92 Å². The van der Waals surface area contributed by atoms with Crippen molar-refractivity contribution in [3.8, 4) is 11.5 Å². The van der Waals surface area contributed by atoms with Gasteiger partial charge in [-0.1, -0.05) is 19.9 Å². The van der Waals surface area contributed by atoms with Crippen molar-refractivity contribution in [2.75, 3.05) is 20.3 Å². The Morgan fingerprint density at radius 3 is 2.55 bits per heavy atom. The number of rotatable bonds is 8. The van der Waals surface area contributed by atoms with Crippen LogP contribution in [0.2, 0.25) is 0 Å². The summed E-state index contributed by atoms with van der Waals surface area (Å²) in [6.07, 6.45) is 0. The normalized spacial score (nSPS) is 12.2. The van der Waals surface area contributed by atoms with Crippen LogP contribution in [0.3, 0.4) is 0 Å². The Balaban J connectivity index is 3.01. The van der Waals surface area contributed by atoms with E-state index in [1.165, 1.54) is 0 Å². The zero-order chi connectivity index (χ0) is 15.1. The maximum absolute atomic E-state index is 11.4. The predicted molar refractivity (Wildman–Crippen MR) is 77.4 cm³/mol. The van der Waals surface area contributed by atoms with Gasteiger partial charge in [0, 0.05) is 0 Å². The van der Waals surface area contributed by atoms with Crippen LogP contribution in [0.1, 0.15) is 32.4 Å². The summed E-state index contributed by atoms with van der Waals surface area (Å²) in [7, 11) is 1.56. The first kappa shape index (κ1) is 16.3.